The Morgan fingerprint density at radius 1 is 1.41 bits per heavy atom. The van der Waals surface area contributed by atoms with E-state index in [-0.39, 0.29) is 11.9 Å². The maximum Gasteiger partial charge on any atom is 0.411 e. The summed E-state index contributed by atoms with van der Waals surface area (Å²) in [6.45, 7) is 9.31. The molecule has 2 aliphatic rings. The van der Waals surface area contributed by atoms with Crippen molar-refractivity contribution < 1.29 is 19.1 Å². The highest BCUT2D eigenvalue weighted by molar-refractivity contribution is 6.19. The van der Waals surface area contributed by atoms with Gasteiger partial charge in [-0.15, -0.1) is 11.6 Å². The van der Waals surface area contributed by atoms with E-state index in [1.807, 2.05) is 20.8 Å². The number of likely N-dealkylation sites (tertiary alicyclic amines) is 1. The van der Waals surface area contributed by atoms with Gasteiger partial charge in [-0.25, -0.2) is 9.59 Å². The molecule has 2 fully saturated rings. The predicted molar refractivity (Wildman–Crippen MR) is 83.8 cm³/mol. The fourth-order valence-corrected chi connectivity index (χ4v) is 3.39. The molecule has 0 aromatic carbocycles. The number of alkyl halides is 1. The van der Waals surface area contributed by atoms with Gasteiger partial charge < -0.3 is 9.47 Å². The first kappa shape index (κ1) is 17.1. The van der Waals surface area contributed by atoms with Crippen molar-refractivity contribution in [3.63, 3.8) is 0 Å². The van der Waals surface area contributed by atoms with Crippen molar-refractivity contribution in [1.82, 2.24) is 4.90 Å². The largest absolute Gasteiger partial charge is 0.467 e. The molecule has 3 atom stereocenters. The fourth-order valence-electron chi connectivity index (χ4n) is 3.30. The number of carbonyl (C=O) groups excluding carboxylic acids is 2. The van der Waals surface area contributed by atoms with Gasteiger partial charge in [0.05, 0.1) is 7.11 Å². The number of hydrogen-bond donors (Lipinski definition) is 0. The zero-order chi connectivity index (χ0) is 16.7. The van der Waals surface area contributed by atoms with Gasteiger partial charge in [0.2, 0.25) is 0 Å². The molecule has 0 bridgehead atoms. The van der Waals surface area contributed by atoms with Crippen LogP contribution < -0.4 is 0 Å². The van der Waals surface area contributed by atoms with Crippen LogP contribution in [-0.4, -0.2) is 47.1 Å². The van der Waals surface area contributed by atoms with Crippen molar-refractivity contribution in [3.8, 4) is 0 Å². The van der Waals surface area contributed by atoms with Gasteiger partial charge in [-0.05, 0) is 39.5 Å². The molecular formula is C16H24ClNO4. The second-order valence-corrected chi connectivity index (χ2v) is 7.47. The summed E-state index contributed by atoms with van der Waals surface area (Å²) in [4.78, 5) is 26.7. The first-order valence-electron chi connectivity index (χ1n) is 7.48. The Hall–Kier alpha value is -1.23. The average molecular weight is 330 g/mol. The van der Waals surface area contributed by atoms with Crippen LogP contribution in [0, 0.1) is 5.92 Å². The van der Waals surface area contributed by atoms with Crippen molar-refractivity contribution in [2.45, 2.75) is 57.2 Å². The minimum atomic E-state index is -1.03. The number of methoxy groups -OCH3 is 1. The topological polar surface area (TPSA) is 55.8 Å². The molecule has 1 heterocycles. The number of amides is 1. The van der Waals surface area contributed by atoms with Crippen LogP contribution in [0.5, 0.6) is 0 Å². The molecule has 22 heavy (non-hydrogen) atoms. The predicted octanol–water partition coefficient (Wildman–Crippen LogP) is 3.11. The summed E-state index contributed by atoms with van der Waals surface area (Å²) in [5.41, 5.74) is -0.937. The molecule has 5 nitrogen and oxygen atoms in total. The highest BCUT2D eigenvalue weighted by Gasteiger charge is 2.66. The first-order valence-corrected chi connectivity index (χ1v) is 8.01. The summed E-state index contributed by atoms with van der Waals surface area (Å²) in [5.74, 6) is 0.155. The standard InChI is InChI=1S/C16H24ClNO4/c1-10(9-17)7-16(13(19)21-5)8-11-6-12(11)18(16)14(20)22-15(2,3)4/h11-12H,1,6-9H2,2-5H3/t11-,12-,16?/m0/s1. The molecular weight excluding hydrogens is 306 g/mol. The maximum absolute atomic E-state index is 12.6. The lowest BCUT2D eigenvalue weighted by atomic mass is 9.87. The number of piperidine rings is 1. The molecule has 1 unspecified atom stereocenters. The van der Waals surface area contributed by atoms with E-state index in [9.17, 15) is 9.59 Å². The lowest BCUT2D eigenvalue weighted by Crippen LogP contribution is -2.57. The molecule has 1 aliphatic carbocycles. The average Bonchev–Trinajstić information content (AvgIpc) is 3.06. The molecule has 0 N–H and O–H groups in total. The van der Waals surface area contributed by atoms with E-state index in [2.05, 4.69) is 6.58 Å². The van der Waals surface area contributed by atoms with Gasteiger partial charge in [0, 0.05) is 18.3 Å². The molecule has 1 saturated heterocycles. The Morgan fingerprint density at radius 3 is 2.55 bits per heavy atom. The third kappa shape index (κ3) is 3.09. The Morgan fingerprint density at radius 2 is 2.05 bits per heavy atom. The Labute approximate surface area is 136 Å². The van der Waals surface area contributed by atoms with Gasteiger partial charge in [-0.2, -0.15) is 0 Å². The highest BCUT2D eigenvalue weighted by atomic mass is 35.5. The van der Waals surface area contributed by atoms with E-state index in [1.54, 1.807) is 4.90 Å². The van der Waals surface area contributed by atoms with Crippen LogP contribution in [0.15, 0.2) is 12.2 Å². The quantitative estimate of drug-likeness (QED) is 0.452. The molecule has 0 radical (unpaired) electrons. The second-order valence-electron chi connectivity index (χ2n) is 7.20. The van der Waals surface area contributed by atoms with E-state index >= 15 is 0 Å². The lowest BCUT2D eigenvalue weighted by molar-refractivity contribution is -0.154. The molecule has 2 rings (SSSR count). The Kier molecular flexibility index (Phi) is 4.49. The molecule has 0 aromatic heterocycles. The summed E-state index contributed by atoms with van der Waals surface area (Å²) >= 11 is 5.84. The van der Waals surface area contributed by atoms with E-state index in [0.29, 0.717) is 24.3 Å². The highest BCUT2D eigenvalue weighted by Crippen LogP contribution is 2.55. The fraction of sp³-hybridized carbons (Fsp3) is 0.750. The number of nitrogens with zero attached hydrogens (tertiary/aromatic N) is 1. The van der Waals surface area contributed by atoms with Crippen molar-refractivity contribution in [3.05, 3.63) is 12.2 Å². The van der Waals surface area contributed by atoms with Gasteiger partial charge in [-0.1, -0.05) is 12.2 Å². The van der Waals surface area contributed by atoms with Crippen LogP contribution in [0.25, 0.3) is 0 Å². The summed E-state index contributed by atoms with van der Waals surface area (Å²) in [6, 6.07) is 0.0528. The van der Waals surface area contributed by atoms with Gasteiger partial charge in [-0.3, -0.25) is 4.90 Å². The minimum Gasteiger partial charge on any atom is -0.467 e. The number of esters is 1. The van der Waals surface area contributed by atoms with E-state index in [0.717, 1.165) is 6.42 Å². The van der Waals surface area contributed by atoms with E-state index in [4.69, 9.17) is 21.1 Å². The molecule has 1 saturated carbocycles. The Bertz CT molecular complexity index is 499. The lowest BCUT2D eigenvalue weighted by Gasteiger charge is -2.39. The van der Waals surface area contributed by atoms with Gasteiger partial charge in [0.25, 0.3) is 0 Å². The summed E-state index contributed by atoms with van der Waals surface area (Å²) in [6.07, 6.45) is 1.34. The van der Waals surface area contributed by atoms with Crippen LogP contribution >= 0.6 is 11.6 Å². The summed E-state index contributed by atoms with van der Waals surface area (Å²) in [7, 11) is 1.34. The number of fused-ring (bicyclic) bond motifs is 1. The van der Waals surface area contributed by atoms with Gasteiger partial charge >= 0.3 is 12.1 Å². The van der Waals surface area contributed by atoms with Crippen molar-refractivity contribution in [1.29, 1.82) is 0 Å². The van der Waals surface area contributed by atoms with Crippen molar-refractivity contribution in [2.24, 2.45) is 5.92 Å². The van der Waals surface area contributed by atoms with E-state index in [1.165, 1.54) is 7.11 Å². The molecule has 1 amide bonds. The number of hydrogen-bond acceptors (Lipinski definition) is 4. The zero-order valence-electron chi connectivity index (χ0n) is 13.6. The maximum atomic E-state index is 12.6. The van der Waals surface area contributed by atoms with E-state index < -0.39 is 23.2 Å². The molecule has 124 valence electrons. The molecule has 6 heteroatoms. The van der Waals surface area contributed by atoms with Gasteiger partial charge in [0.1, 0.15) is 11.1 Å². The smallest absolute Gasteiger partial charge is 0.411 e. The zero-order valence-corrected chi connectivity index (χ0v) is 14.4. The first-order chi connectivity index (χ1) is 10.1. The summed E-state index contributed by atoms with van der Waals surface area (Å²) in [5, 5.41) is 0. The number of rotatable bonds is 4. The number of carbonyl (C=O) groups is 2. The third-order valence-corrected chi connectivity index (χ3v) is 4.54. The molecule has 0 spiro atoms. The number of halogens is 1. The SMILES string of the molecule is C=C(CCl)CC1(C(=O)OC)C[C@@H]2C[C@@H]2N1C(=O)OC(C)(C)C. The van der Waals surface area contributed by atoms with Crippen LogP contribution in [0.2, 0.25) is 0 Å². The third-order valence-electron chi connectivity index (χ3n) is 4.16. The monoisotopic (exact) mass is 329 g/mol. The van der Waals surface area contributed by atoms with Crippen molar-refractivity contribution >= 4 is 23.7 Å². The minimum absolute atomic E-state index is 0.0528. The summed E-state index contributed by atoms with van der Waals surface area (Å²) < 4.78 is 10.5. The second kappa shape index (κ2) is 5.76. The molecule has 0 aromatic rings. The normalized spacial score (nSPS) is 29.8. The molecule has 1 aliphatic heterocycles. The van der Waals surface area contributed by atoms with Crippen LogP contribution in [-0.2, 0) is 14.3 Å². The van der Waals surface area contributed by atoms with Crippen molar-refractivity contribution in [2.75, 3.05) is 13.0 Å². The van der Waals surface area contributed by atoms with Crippen LogP contribution in [0.1, 0.15) is 40.0 Å². The van der Waals surface area contributed by atoms with Gasteiger partial charge in [0.15, 0.2) is 0 Å². The number of ether oxygens (including phenoxy) is 2. The van der Waals surface area contributed by atoms with Crippen LogP contribution in [0.4, 0.5) is 4.79 Å². The Balaban J connectivity index is 2.32. The van der Waals surface area contributed by atoms with Crippen LogP contribution in [0.3, 0.4) is 0 Å².